The lowest BCUT2D eigenvalue weighted by Crippen LogP contribution is -2.43. The topological polar surface area (TPSA) is 92.2 Å². The number of hydrogen-bond acceptors (Lipinski definition) is 5. The number of benzene rings is 1. The van der Waals surface area contributed by atoms with Crippen LogP contribution in [0.2, 0.25) is 5.02 Å². The van der Waals surface area contributed by atoms with Gasteiger partial charge in [-0.05, 0) is 31.0 Å². The van der Waals surface area contributed by atoms with E-state index in [0.29, 0.717) is 34.6 Å². The molecular weight excluding hydrogens is 386 g/mol. The maximum atomic E-state index is 13.3. The summed E-state index contributed by atoms with van der Waals surface area (Å²) in [6, 6.07) is 4.88. The minimum atomic E-state index is -0.964. The van der Waals surface area contributed by atoms with Gasteiger partial charge in [-0.3, -0.25) is 9.78 Å². The highest BCUT2D eigenvalue weighted by atomic mass is 35.5. The first-order chi connectivity index (χ1) is 13.4. The first-order valence-electron chi connectivity index (χ1n) is 8.87. The largest absolute Gasteiger partial charge is 0.465 e. The smallest absolute Gasteiger partial charge is 0.407 e. The van der Waals surface area contributed by atoms with E-state index in [0.717, 1.165) is 12.8 Å². The van der Waals surface area contributed by atoms with Crippen molar-refractivity contribution in [2.75, 3.05) is 34.0 Å². The molecular formula is C19H22ClN3O5. The van der Waals surface area contributed by atoms with Crippen LogP contribution in [-0.2, 0) is 4.74 Å². The van der Waals surface area contributed by atoms with Crippen LogP contribution in [0, 0.1) is 0 Å². The van der Waals surface area contributed by atoms with Crippen molar-refractivity contribution < 1.29 is 24.2 Å². The van der Waals surface area contributed by atoms with E-state index < -0.39 is 6.09 Å². The number of likely N-dealkylation sites (tertiary alicyclic amines) is 1. The van der Waals surface area contributed by atoms with Gasteiger partial charge in [0, 0.05) is 37.7 Å². The van der Waals surface area contributed by atoms with Crippen LogP contribution in [0.25, 0.3) is 10.9 Å². The number of ether oxygens (including phenoxy) is 2. The highest BCUT2D eigenvalue weighted by Crippen LogP contribution is 2.30. The standard InChI is InChI=1S/C19H22ClN3O5/c1-22(10-13-4-3-7-23(13)19(25)26)18(24)17-14-8-12(20)5-6-15(14)21-9-16(17)28-11-27-2/h5-6,8-9,13H,3-4,7,10-11H2,1-2H3,(H,25,26)/t13-/m0/s1. The summed E-state index contributed by atoms with van der Waals surface area (Å²) >= 11 is 6.13. The molecule has 1 aromatic carbocycles. The van der Waals surface area contributed by atoms with Gasteiger partial charge >= 0.3 is 6.09 Å². The van der Waals surface area contributed by atoms with E-state index in [1.54, 1.807) is 25.2 Å². The number of carbonyl (C=O) groups is 2. The average Bonchev–Trinajstić information content (AvgIpc) is 3.13. The zero-order valence-electron chi connectivity index (χ0n) is 15.7. The number of hydrogen-bond donors (Lipinski definition) is 1. The van der Waals surface area contributed by atoms with Crippen LogP contribution in [0.5, 0.6) is 5.75 Å². The number of likely N-dealkylation sites (N-methyl/N-ethyl adjacent to an activating group) is 1. The second-order valence-corrected chi connectivity index (χ2v) is 7.10. The van der Waals surface area contributed by atoms with Crippen molar-refractivity contribution in [3.63, 3.8) is 0 Å². The molecule has 0 unspecified atom stereocenters. The van der Waals surface area contributed by atoms with Crippen LogP contribution < -0.4 is 4.74 Å². The number of rotatable bonds is 6. The fourth-order valence-corrected chi connectivity index (χ4v) is 3.64. The molecule has 1 aromatic heterocycles. The van der Waals surface area contributed by atoms with Crippen LogP contribution in [0.3, 0.4) is 0 Å². The van der Waals surface area contributed by atoms with Crippen molar-refractivity contribution in [1.29, 1.82) is 0 Å². The molecule has 9 heteroatoms. The van der Waals surface area contributed by atoms with Crippen molar-refractivity contribution in [2.45, 2.75) is 18.9 Å². The lowest BCUT2D eigenvalue weighted by atomic mass is 10.1. The summed E-state index contributed by atoms with van der Waals surface area (Å²) in [7, 11) is 3.14. The van der Waals surface area contributed by atoms with E-state index in [9.17, 15) is 14.7 Å². The van der Waals surface area contributed by atoms with E-state index >= 15 is 0 Å². The van der Waals surface area contributed by atoms with E-state index in [1.165, 1.54) is 23.1 Å². The molecule has 1 saturated heterocycles. The number of fused-ring (bicyclic) bond motifs is 1. The maximum absolute atomic E-state index is 13.3. The van der Waals surface area contributed by atoms with E-state index in [4.69, 9.17) is 21.1 Å². The number of carboxylic acid groups (broad SMARTS) is 1. The summed E-state index contributed by atoms with van der Waals surface area (Å²) in [5.74, 6) is -0.00649. The van der Waals surface area contributed by atoms with Gasteiger partial charge in [-0.25, -0.2) is 4.79 Å². The number of amides is 2. The third-order valence-electron chi connectivity index (χ3n) is 4.80. The highest BCUT2D eigenvalue weighted by molar-refractivity contribution is 6.31. The Morgan fingerprint density at radius 1 is 1.43 bits per heavy atom. The molecule has 0 aliphatic carbocycles. The van der Waals surface area contributed by atoms with E-state index in [1.807, 2.05) is 0 Å². The van der Waals surface area contributed by atoms with Gasteiger partial charge in [0.25, 0.3) is 5.91 Å². The zero-order valence-corrected chi connectivity index (χ0v) is 16.5. The zero-order chi connectivity index (χ0) is 20.3. The van der Waals surface area contributed by atoms with Gasteiger partial charge in [-0.1, -0.05) is 11.6 Å². The number of methoxy groups -OCH3 is 1. The lowest BCUT2D eigenvalue weighted by Gasteiger charge is -2.27. The van der Waals surface area contributed by atoms with Gasteiger partial charge < -0.3 is 24.4 Å². The van der Waals surface area contributed by atoms with Crippen LogP contribution in [0.15, 0.2) is 24.4 Å². The number of pyridine rings is 1. The molecule has 0 spiro atoms. The Kier molecular flexibility index (Phi) is 6.21. The van der Waals surface area contributed by atoms with Crippen LogP contribution in [0.4, 0.5) is 4.79 Å². The molecule has 8 nitrogen and oxygen atoms in total. The van der Waals surface area contributed by atoms with Crippen LogP contribution in [-0.4, -0.2) is 72.0 Å². The summed E-state index contributed by atoms with van der Waals surface area (Å²) in [5, 5.41) is 10.4. The SMILES string of the molecule is COCOc1cnc2ccc(Cl)cc2c1C(=O)N(C)C[C@@H]1CCCN1C(=O)O. The van der Waals surface area contributed by atoms with Crippen molar-refractivity contribution in [3.05, 3.63) is 35.0 Å². The monoisotopic (exact) mass is 407 g/mol. The van der Waals surface area contributed by atoms with Crippen LogP contribution in [0.1, 0.15) is 23.2 Å². The van der Waals surface area contributed by atoms with Crippen molar-refractivity contribution in [1.82, 2.24) is 14.8 Å². The maximum Gasteiger partial charge on any atom is 0.407 e. The number of carbonyl (C=O) groups excluding carboxylic acids is 1. The fraction of sp³-hybridized carbons (Fsp3) is 0.421. The molecule has 0 radical (unpaired) electrons. The molecule has 3 rings (SSSR count). The third kappa shape index (κ3) is 4.13. The molecule has 0 saturated carbocycles. The fourth-order valence-electron chi connectivity index (χ4n) is 3.47. The molecule has 2 amide bonds. The Labute approximate surface area is 167 Å². The molecule has 1 atom stereocenters. The Bertz CT molecular complexity index is 891. The number of aromatic nitrogens is 1. The molecule has 2 heterocycles. The van der Waals surface area contributed by atoms with E-state index in [-0.39, 0.29) is 24.5 Å². The molecule has 1 aliphatic heterocycles. The second-order valence-electron chi connectivity index (χ2n) is 6.67. The minimum absolute atomic E-state index is 0.0346. The van der Waals surface area contributed by atoms with Gasteiger partial charge in [-0.2, -0.15) is 0 Å². The molecule has 1 fully saturated rings. The van der Waals surface area contributed by atoms with Gasteiger partial charge in [0.15, 0.2) is 12.5 Å². The predicted octanol–water partition coefficient (Wildman–Crippen LogP) is 3.09. The first-order valence-corrected chi connectivity index (χ1v) is 9.25. The molecule has 0 bridgehead atoms. The Morgan fingerprint density at radius 2 is 2.21 bits per heavy atom. The lowest BCUT2D eigenvalue weighted by molar-refractivity contribution is 0.0489. The molecule has 150 valence electrons. The van der Waals surface area contributed by atoms with Crippen LogP contribution >= 0.6 is 11.6 Å². The summed E-state index contributed by atoms with van der Waals surface area (Å²) in [5.41, 5.74) is 0.936. The Balaban J connectivity index is 1.94. The number of halogens is 1. The summed E-state index contributed by atoms with van der Waals surface area (Å²) in [6.45, 7) is 0.740. The van der Waals surface area contributed by atoms with Gasteiger partial charge in [0.1, 0.15) is 0 Å². The molecule has 1 aliphatic rings. The summed E-state index contributed by atoms with van der Waals surface area (Å²) in [6.07, 6.45) is 2.03. The summed E-state index contributed by atoms with van der Waals surface area (Å²) in [4.78, 5) is 31.9. The second kappa shape index (κ2) is 8.62. The Morgan fingerprint density at radius 3 is 2.93 bits per heavy atom. The van der Waals surface area contributed by atoms with Gasteiger partial charge in [0.05, 0.1) is 23.3 Å². The first kappa shape index (κ1) is 20.2. The van der Waals surface area contributed by atoms with E-state index in [2.05, 4.69) is 4.98 Å². The normalized spacial score (nSPS) is 16.4. The summed E-state index contributed by atoms with van der Waals surface area (Å²) < 4.78 is 10.5. The van der Waals surface area contributed by atoms with Gasteiger partial charge in [0.2, 0.25) is 0 Å². The van der Waals surface area contributed by atoms with Crippen molar-refractivity contribution in [3.8, 4) is 5.75 Å². The average molecular weight is 408 g/mol. The minimum Gasteiger partial charge on any atom is -0.465 e. The quantitative estimate of drug-likeness (QED) is 0.740. The van der Waals surface area contributed by atoms with Crippen molar-refractivity contribution >= 4 is 34.5 Å². The van der Waals surface area contributed by atoms with Crippen molar-refractivity contribution in [2.24, 2.45) is 0 Å². The highest BCUT2D eigenvalue weighted by Gasteiger charge is 2.31. The Hall–Kier alpha value is -2.58. The molecule has 1 N–H and O–H groups in total. The molecule has 2 aromatic rings. The van der Waals surface area contributed by atoms with Gasteiger partial charge in [-0.15, -0.1) is 0 Å². The third-order valence-corrected chi connectivity index (χ3v) is 5.03. The molecule has 28 heavy (non-hydrogen) atoms. The number of nitrogens with zero attached hydrogens (tertiary/aromatic N) is 3. The predicted molar refractivity (Wildman–Crippen MR) is 104 cm³/mol.